The van der Waals surface area contributed by atoms with Crippen molar-refractivity contribution in [2.24, 2.45) is 0 Å². The number of rotatable bonds is 2. The molecule has 2 aromatic carbocycles. The molecule has 1 heterocycles. The Labute approximate surface area is 149 Å². The summed E-state index contributed by atoms with van der Waals surface area (Å²) in [5, 5.41) is 29.7. The van der Waals surface area contributed by atoms with Crippen LogP contribution in [0.3, 0.4) is 0 Å². The van der Waals surface area contributed by atoms with Crippen LogP contribution >= 0.6 is 0 Å². The Morgan fingerprint density at radius 2 is 1.69 bits per heavy atom. The molecule has 3 rings (SSSR count). The Bertz CT molecular complexity index is 1060. The molecule has 0 saturated carbocycles. The number of phenolic OH excluding ortho intramolecular Hbond substituents is 3. The van der Waals surface area contributed by atoms with Gasteiger partial charge in [0.05, 0.1) is 0 Å². The third-order valence-corrected chi connectivity index (χ3v) is 3.80. The molecule has 0 spiro atoms. The van der Waals surface area contributed by atoms with Crippen molar-refractivity contribution in [2.45, 2.75) is 33.3 Å². The van der Waals surface area contributed by atoms with Crippen LogP contribution in [0.4, 0.5) is 0 Å². The Morgan fingerprint density at radius 1 is 1.00 bits per heavy atom. The number of phenols is 3. The van der Waals surface area contributed by atoms with E-state index in [9.17, 15) is 20.1 Å². The van der Waals surface area contributed by atoms with Gasteiger partial charge in [0.1, 0.15) is 33.8 Å². The second-order valence-corrected chi connectivity index (χ2v) is 7.14. The van der Waals surface area contributed by atoms with Crippen LogP contribution in [0, 0.1) is 6.92 Å². The van der Waals surface area contributed by atoms with Gasteiger partial charge in [0.2, 0.25) is 11.2 Å². The fourth-order valence-electron chi connectivity index (χ4n) is 2.61. The zero-order valence-electron chi connectivity index (χ0n) is 15.0. The van der Waals surface area contributed by atoms with Crippen LogP contribution in [0.2, 0.25) is 0 Å². The van der Waals surface area contributed by atoms with Crippen molar-refractivity contribution >= 4 is 11.0 Å². The first-order valence-electron chi connectivity index (χ1n) is 8.08. The normalized spacial score (nSPS) is 11.7. The molecule has 0 aliphatic carbocycles. The highest BCUT2D eigenvalue weighted by Gasteiger charge is 2.25. The molecule has 0 bridgehead atoms. The van der Waals surface area contributed by atoms with E-state index in [1.807, 2.05) is 0 Å². The average Bonchev–Trinajstić information content (AvgIpc) is 2.50. The van der Waals surface area contributed by atoms with Gasteiger partial charge in [-0.05, 0) is 39.3 Å². The van der Waals surface area contributed by atoms with Gasteiger partial charge < -0.3 is 24.5 Å². The summed E-state index contributed by atoms with van der Waals surface area (Å²) in [6.45, 7) is 7.09. The minimum absolute atomic E-state index is 0.0174. The summed E-state index contributed by atoms with van der Waals surface area (Å²) in [4.78, 5) is 13.0. The summed E-state index contributed by atoms with van der Waals surface area (Å²) in [5.41, 5.74) is -0.131. The molecule has 0 aliphatic rings. The van der Waals surface area contributed by atoms with Crippen LogP contribution in [0.25, 0.3) is 22.3 Å². The average molecular weight is 356 g/mol. The number of fused-ring (bicyclic) bond motifs is 1. The molecule has 0 atom stereocenters. The summed E-state index contributed by atoms with van der Waals surface area (Å²) in [7, 11) is 0. The lowest BCUT2D eigenvalue weighted by Crippen LogP contribution is -2.26. The zero-order valence-corrected chi connectivity index (χ0v) is 15.0. The van der Waals surface area contributed by atoms with E-state index < -0.39 is 16.8 Å². The summed E-state index contributed by atoms with van der Waals surface area (Å²) >= 11 is 0. The molecule has 6 nitrogen and oxygen atoms in total. The molecule has 136 valence electrons. The lowest BCUT2D eigenvalue weighted by molar-refractivity contribution is 0.127. The van der Waals surface area contributed by atoms with Gasteiger partial charge in [-0.15, -0.1) is 0 Å². The van der Waals surface area contributed by atoms with E-state index in [-0.39, 0.29) is 34.0 Å². The first-order chi connectivity index (χ1) is 12.1. The molecule has 0 unspecified atom stereocenters. The van der Waals surface area contributed by atoms with E-state index in [1.54, 1.807) is 39.8 Å². The summed E-state index contributed by atoms with van der Waals surface area (Å²) in [6, 6.07) is 7.16. The van der Waals surface area contributed by atoms with Gasteiger partial charge in [-0.25, -0.2) is 0 Å². The topological polar surface area (TPSA) is 100 Å². The summed E-state index contributed by atoms with van der Waals surface area (Å²) < 4.78 is 11.6. The highest BCUT2D eigenvalue weighted by Crippen LogP contribution is 2.38. The van der Waals surface area contributed by atoms with E-state index in [1.165, 1.54) is 12.1 Å². The van der Waals surface area contributed by atoms with Crippen LogP contribution in [-0.2, 0) is 0 Å². The lowest BCUT2D eigenvalue weighted by Gasteiger charge is -2.22. The molecule has 1 aromatic heterocycles. The Kier molecular flexibility index (Phi) is 4.06. The number of ether oxygens (including phenoxy) is 1. The van der Waals surface area contributed by atoms with Crippen molar-refractivity contribution in [1.29, 1.82) is 0 Å². The molecule has 0 saturated heterocycles. The smallest absolute Gasteiger partial charge is 0.239 e. The molecule has 3 N–H and O–H groups in total. The van der Waals surface area contributed by atoms with E-state index >= 15 is 0 Å². The van der Waals surface area contributed by atoms with Crippen molar-refractivity contribution in [3.63, 3.8) is 0 Å². The molecular weight excluding hydrogens is 336 g/mol. The Hall–Kier alpha value is -3.15. The van der Waals surface area contributed by atoms with Crippen LogP contribution < -0.4 is 10.2 Å². The van der Waals surface area contributed by atoms with Crippen molar-refractivity contribution in [3.8, 4) is 34.3 Å². The van der Waals surface area contributed by atoms with Crippen LogP contribution in [0.15, 0.2) is 39.5 Å². The van der Waals surface area contributed by atoms with Crippen molar-refractivity contribution in [3.05, 3.63) is 46.1 Å². The van der Waals surface area contributed by atoms with Gasteiger partial charge in [-0.1, -0.05) is 12.1 Å². The van der Waals surface area contributed by atoms with E-state index in [4.69, 9.17) is 9.15 Å². The van der Waals surface area contributed by atoms with Crippen molar-refractivity contribution < 1.29 is 24.5 Å². The zero-order chi connectivity index (χ0) is 19.2. The van der Waals surface area contributed by atoms with E-state index in [2.05, 4.69) is 0 Å². The van der Waals surface area contributed by atoms with Crippen molar-refractivity contribution in [2.75, 3.05) is 0 Å². The number of aryl methyl sites for hydroxylation is 1. The molecule has 3 aromatic rings. The molecule has 0 radical (unpaired) electrons. The molecule has 0 amide bonds. The maximum atomic E-state index is 13.0. The largest absolute Gasteiger partial charge is 0.508 e. The minimum Gasteiger partial charge on any atom is -0.508 e. The lowest BCUT2D eigenvalue weighted by atomic mass is 10.1. The van der Waals surface area contributed by atoms with Gasteiger partial charge in [-0.2, -0.15) is 0 Å². The minimum atomic E-state index is -0.698. The fourth-order valence-corrected chi connectivity index (χ4v) is 2.61. The molecular formula is C20H20O6. The van der Waals surface area contributed by atoms with Gasteiger partial charge in [0.15, 0.2) is 5.76 Å². The molecule has 6 heteroatoms. The van der Waals surface area contributed by atoms with E-state index in [0.717, 1.165) is 6.07 Å². The Morgan fingerprint density at radius 3 is 2.31 bits per heavy atom. The second kappa shape index (κ2) is 5.98. The van der Waals surface area contributed by atoms with Crippen LogP contribution in [-0.4, -0.2) is 20.9 Å². The summed E-state index contributed by atoms with van der Waals surface area (Å²) in [5.74, 6) is -0.552. The Balaban J connectivity index is 2.40. The third-order valence-electron chi connectivity index (χ3n) is 3.80. The third kappa shape index (κ3) is 3.18. The monoisotopic (exact) mass is 356 g/mol. The second-order valence-electron chi connectivity index (χ2n) is 7.14. The van der Waals surface area contributed by atoms with Crippen LogP contribution in [0.5, 0.6) is 23.0 Å². The highest BCUT2D eigenvalue weighted by atomic mass is 16.5. The number of hydrogen-bond acceptors (Lipinski definition) is 6. The summed E-state index contributed by atoms with van der Waals surface area (Å²) in [6.07, 6.45) is 0. The molecule has 26 heavy (non-hydrogen) atoms. The predicted octanol–water partition coefficient (Wildman–Crippen LogP) is 4.06. The highest BCUT2D eigenvalue weighted by molar-refractivity contribution is 5.88. The number of benzene rings is 2. The van der Waals surface area contributed by atoms with Gasteiger partial charge in [0, 0.05) is 17.7 Å². The number of aromatic hydroxyl groups is 3. The predicted molar refractivity (Wildman–Crippen MR) is 98.0 cm³/mol. The first-order valence-corrected chi connectivity index (χ1v) is 8.08. The first kappa shape index (κ1) is 17.7. The van der Waals surface area contributed by atoms with Gasteiger partial charge in [0.25, 0.3) is 0 Å². The number of hydrogen-bond donors (Lipinski definition) is 3. The van der Waals surface area contributed by atoms with Crippen LogP contribution in [0.1, 0.15) is 26.3 Å². The van der Waals surface area contributed by atoms with E-state index in [0.29, 0.717) is 11.1 Å². The van der Waals surface area contributed by atoms with Gasteiger partial charge >= 0.3 is 0 Å². The molecule has 0 aliphatic heterocycles. The maximum absolute atomic E-state index is 13.0. The quantitative estimate of drug-likeness (QED) is 0.640. The maximum Gasteiger partial charge on any atom is 0.239 e. The van der Waals surface area contributed by atoms with Gasteiger partial charge in [-0.3, -0.25) is 4.79 Å². The van der Waals surface area contributed by atoms with Crippen molar-refractivity contribution in [1.82, 2.24) is 0 Å². The molecule has 0 fully saturated rings. The standard InChI is InChI=1S/C20H20O6/c1-10-5-6-11(7-13(10)22)18-19(26-20(2,3)4)17(24)16-14(23)8-12(21)9-15(16)25-18/h5-9,21-23H,1-4H3. The SMILES string of the molecule is Cc1ccc(-c2oc3cc(O)cc(O)c3c(=O)c2OC(C)(C)C)cc1O. The fraction of sp³-hybridized carbons (Fsp3) is 0.250.